The second-order valence-electron chi connectivity index (χ2n) is 5.29. The number of carbonyl (C=O) groups excluding carboxylic acids is 1. The van der Waals surface area contributed by atoms with Crippen molar-refractivity contribution in [3.8, 4) is 5.75 Å². The van der Waals surface area contributed by atoms with Crippen molar-refractivity contribution < 1.29 is 23.4 Å². The van der Waals surface area contributed by atoms with Crippen molar-refractivity contribution in [3.05, 3.63) is 29.6 Å². The maximum Gasteiger partial charge on any atom is 0.170 e. The van der Waals surface area contributed by atoms with Crippen LogP contribution >= 0.6 is 0 Å². The van der Waals surface area contributed by atoms with E-state index in [-0.39, 0.29) is 24.4 Å². The highest BCUT2D eigenvalue weighted by Crippen LogP contribution is 2.33. The SMILES string of the molecule is CC1(C)OC[C@@H](C2CC(=O)c3cc(F)ccc3O2)O1. The third-order valence-electron chi connectivity index (χ3n) is 3.35. The Bertz CT molecular complexity index is 526. The molecule has 2 heterocycles. The number of hydrogen-bond donors (Lipinski definition) is 0. The van der Waals surface area contributed by atoms with E-state index in [4.69, 9.17) is 14.2 Å². The molecule has 102 valence electrons. The summed E-state index contributed by atoms with van der Waals surface area (Å²) in [4.78, 5) is 12.0. The molecular formula is C14H15FO4. The van der Waals surface area contributed by atoms with Crippen LogP contribution in [-0.2, 0) is 9.47 Å². The van der Waals surface area contributed by atoms with Crippen LogP contribution in [0, 0.1) is 5.82 Å². The predicted octanol–water partition coefficient (Wildman–Crippen LogP) is 2.31. The number of rotatable bonds is 1. The number of benzene rings is 1. The molecule has 2 atom stereocenters. The molecule has 19 heavy (non-hydrogen) atoms. The van der Waals surface area contributed by atoms with Crippen molar-refractivity contribution in [1.29, 1.82) is 0 Å². The van der Waals surface area contributed by atoms with Crippen LogP contribution in [0.3, 0.4) is 0 Å². The maximum absolute atomic E-state index is 13.1. The third-order valence-corrected chi connectivity index (χ3v) is 3.35. The summed E-state index contributed by atoms with van der Waals surface area (Å²) in [5, 5.41) is 0. The standard InChI is InChI=1S/C14H15FO4/c1-14(2)17-7-13(19-14)12-6-10(16)9-5-8(15)3-4-11(9)18-12/h3-5,12-13H,6-7H2,1-2H3/t12?,13-/m0/s1. The Hall–Kier alpha value is -1.46. The van der Waals surface area contributed by atoms with Crippen LogP contribution in [0.5, 0.6) is 5.75 Å². The smallest absolute Gasteiger partial charge is 0.170 e. The minimum Gasteiger partial charge on any atom is -0.486 e. The van der Waals surface area contributed by atoms with E-state index in [2.05, 4.69) is 0 Å². The Kier molecular flexibility index (Phi) is 2.83. The highest BCUT2D eigenvalue weighted by atomic mass is 19.1. The number of Topliss-reactive ketones (excluding diaryl/α,β-unsaturated/α-hetero) is 1. The van der Waals surface area contributed by atoms with Gasteiger partial charge in [-0.15, -0.1) is 0 Å². The first-order valence-corrected chi connectivity index (χ1v) is 6.26. The molecule has 0 aliphatic carbocycles. The van der Waals surface area contributed by atoms with E-state index in [1.54, 1.807) is 0 Å². The van der Waals surface area contributed by atoms with Gasteiger partial charge in [-0.1, -0.05) is 0 Å². The molecular weight excluding hydrogens is 251 g/mol. The average molecular weight is 266 g/mol. The van der Waals surface area contributed by atoms with Gasteiger partial charge in [-0.3, -0.25) is 4.79 Å². The van der Waals surface area contributed by atoms with Crippen LogP contribution in [0.1, 0.15) is 30.6 Å². The molecule has 0 aromatic heterocycles. The van der Waals surface area contributed by atoms with Gasteiger partial charge in [0.25, 0.3) is 0 Å². The van der Waals surface area contributed by atoms with E-state index < -0.39 is 11.6 Å². The number of hydrogen-bond acceptors (Lipinski definition) is 4. The molecule has 0 amide bonds. The van der Waals surface area contributed by atoms with Crippen molar-refractivity contribution in [2.45, 2.75) is 38.3 Å². The van der Waals surface area contributed by atoms with Crippen molar-refractivity contribution in [2.24, 2.45) is 0 Å². The zero-order valence-corrected chi connectivity index (χ0v) is 10.8. The molecule has 4 nitrogen and oxygen atoms in total. The Labute approximate surface area is 110 Å². The second kappa shape index (κ2) is 4.28. The monoisotopic (exact) mass is 266 g/mol. The molecule has 1 aromatic carbocycles. The van der Waals surface area contributed by atoms with Crippen LogP contribution in [0.25, 0.3) is 0 Å². The normalized spacial score (nSPS) is 28.9. The van der Waals surface area contributed by atoms with Gasteiger partial charge in [-0.2, -0.15) is 0 Å². The summed E-state index contributed by atoms with van der Waals surface area (Å²) in [6, 6.07) is 3.98. The molecule has 3 rings (SSSR count). The van der Waals surface area contributed by atoms with E-state index >= 15 is 0 Å². The molecule has 1 fully saturated rings. The van der Waals surface area contributed by atoms with Gasteiger partial charge in [0, 0.05) is 0 Å². The highest BCUT2D eigenvalue weighted by Gasteiger charge is 2.41. The Morgan fingerprint density at radius 1 is 1.32 bits per heavy atom. The quantitative estimate of drug-likeness (QED) is 0.782. The van der Waals surface area contributed by atoms with Gasteiger partial charge in [0.15, 0.2) is 11.6 Å². The van der Waals surface area contributed by atoms with E-state index in [0.717, 1.165) is 0 Å². The number of carbonyl (C=O) groups is 1. The maximum atomic E-state index is 13.1. The van der Waals surface area contributed by atoms with Crippen molar-refractivity contribution in [3.63, 3.8) is 0 Å². The Morgan fingerprint density at radius 2 is 2.11 bits per heavy atom. The predicted molar refractivity (Wildman–Crippen MR) is 64.7 cm³/mol. The zero-order valence-electron chi connectivity index (χ0n) is 10.8. The minimum absolute atomic E-state index is 0.126. The lowest BCUT2D eigenvalue weighted by atomic mass is 9.98. The fourth-order valence-electron chi connectivity index (χ4n) is 2.43. The van der Waals surface area contributed by atoms with E-state index in [9.17, 15) is 9.18 Å². The first-order chi connectivity index (χ1) is 8.94. The average Bonchev–Trinajstić information content (AvgIpc) is 2.70. The largest absolute Gasteiger partial charge is 0.486 e. The lowest BCUT2D eigenvalue weighted by Gasteiger charge is -2.29. The first kappa shape index (κ1) is 12.6. The molecule has 0 bridgehead atoms. The summed E-state index contributed by atoms with van der Waals surface area (Å²) < 4.78 is 30.0. The molecule has 1 unspecified atom stereocenters. The molecule has 2 aliphatic heterocycles. The van der Waals surface area contributed by atoms with Gasteiger partial charge in [-0.25, -0.2) is 4.39 Å². The number of fused-ring (bicyclic) bond motifs is 1. The number of ether oxygens (including phenoxy) is 3. The highest BCUT2D eigenvalue weighted by molar-refractivity contribution is 5.99. The lowest BCUT2D eigenvalue weighted by Crippen LogP contribution is -2.39. The molecule has 0 radical (unpaired) electrons. The Balaban J connectivity index is 1.82. The summed E-state index contributed by atoms with van der Waals surface area (Å²) in [5.41, 5.74) is 0.300. The van der Waals surface area contributed by atoms with E-state index in [1.165, 1.54) is 18.2 Å². The van der Waals surface area contributed by atoms with Crippen LogP contribution in [-0.4, -0.2) is 30.4 Å². The lowest BCUT2D eigenvalue weighted by molar-refractivity contribution is -0.149. The van der Waals surface area contributed by atoms with Gasteiger partial charge in [0.05, 0.1) is 18.6 Å². The molecule has 2 aliphatic rings. The molecule has 0 spiro atoms. The van der Waals surface area contributed by atoms with Crippen molar-refractivity contribution >= 4 is 5.78 Å². The fraction of sp³-hybridized carbons (Fsp3) is 0.500. The Morgan fingerprint density at radius 3 is 2.79 bits per heavy atom. The number of halogens is 1. The third kappa shape index (κ3) is 2.35. The van der Waals surface area contributed by atoms with Gasteiger partial charge in [0.1, 0.15) is 23.8 Å². The molecule has 5 heteroatoms. The van der Waals surface area contributed by atoms with Gasteiger partial charge in [-0.05, 0) is 32.0 Å². The van der Waals surface area contributed by atoms with Crippen LogP contribution in [0.15, 0.2) is 18.2 Å². The van der Waals surface area contributed by atoms with Gasteiger partial charge in [0.2, 0.25) is 0 Å². The summed E-state index contributed by atoms with van der Waals surface area (Å²) in [7, 11) is 0. The second-order valence-corrected chi connectivity index (χ2v) is 5.29. The van der Waals surface area contributed by atoms with Gasteiger partial charge < -0.3 is 14.2 Å². The minimum atomic E-state index is -0.653. The van der Waals surface area contributed by atoms with Crippen LogP contribution in [0.2, 0.25) is 0 Å². The van der Waals surface area contributed by atoms with E-state index in [1.807, 2.05) is 13.8 Å². The van der Waals surface area contributed by atoms with Crippen molar-refractivity contribution in [2.75, 3.05) is 6.61 Å². The topological polar surface area (TPSA) is 44.8 Å². The van der Waals surface area contributed by atoms with Gasteiger partial charge >= 0.3 is 0 Å². The number of ketones is 1. The molecule has 0 saturated carbocycles. The van der Waals surface area contributed by atoms with Crippen LogP contribution < -0.4 is 4.74 Å². The molecule has 1 saturated heterocycles. The zero-order chi connectivity index (χ0) is 13.6. The molecule has 1 aromatic rings. The summed E-state index contributed by atoms with van der Waals surface area (Å²) in [6.07, 6.45) is -0.481. The summed E-state index contributed by atoms with van der Waals surface area (Å²) in [5.74, 6) is -0.800. The van der Waals surface area contributed by atoms with Crippen molar-refractivity contribution in [1.82, 2.24) is 0 Å². The fourth-order valence-corrected chi connectivity index (χ4v) is 2.43. The summed E-state index contributed by atoms with van der Waals surface area (Å²) >= 11 is 0. The first-order valence-electron chi connectivity index (χ1n) is 6.26. The van der Waals surface area contributed by atoms with E-state index in [0.29, 0.717) is 17.9 Å². The molecule has 0 N–H and O–H groups in total. The summed E-state index contributed by atoms with van der Waals surface area (Å²) in [6.45, 7) is 4.03. The van der Waals surface area contributed by atoms with Crippen LogP contribution in [0.4, 0.5) is 4.39 Å².